The van der Waals surface area contributed by atoms with Crippen LogP contribution in [0.2, 0.25) is 5.02 Å². The molecule has 1 aromatic rings. The van der Waals surface area contributed by atoms with E-state index in [1.165, 1.54) is 0 Å². The summed E-state index contributed by atoms with van der Waals surface area (Å²) in [4.78, 5) is 16.0. The second-order valence-electron chi connectivity index (χ2n) is 6.45. The summed E-state index contributed by atoms with van der Waals surface area (Å²) in [6.45, 7) is 0.560. The summed E-state index contributed by atoms with van der Waals surface area (Å²) in [5.74, 6) is 0.159. The van der Waals surface area contributed by atoms with Crippen molar-refractivity contribution in [1.82, 2.24) is 4.90 Å². The molecule has 0 aromatic heterocycles. The molecule has 23 heavy (non-hydrogen) atoms. The SMILES string of the molecule is CN(CC1CCCCC1O)C(=O)Nc1cccc(Cl)c1N(C)C. The monoisotopic (exact) mass is 339 g/mol. The average Bonchev–Trinajstić information content (AvgIpc) is 2.49. The summed E-state index contributed by atoms with van der Waals surface area (Å²) in [5.41, 5.74) is 1.47. The van der Waals surface area contributed by atoms with E-state index < -0.39 is 0 Å². The van der Waals surface area contributed by atoms with Crippen LogP contribution in [0.1, 0.15) is 25.7 Å². The number of rotatable bonds is 4. The second-order valence-corrected chi connectivity index (χ2v) is 6.86. The molecule has 0 bridgehead atoms. The van der Waals surface area contributed by atoms with Gasteiger partial charge < -0.3 is 20.2 Å². The van der Waals surface area contributed by atoms with Gasteiger partial charge in [0, 0.05) is 33.6 Å². The number of para-hydroxylation sites is 1. The fraction of sp³-hybridized carbons (Fsp3) is 0.588. The number of aliphatic hydroxyl groups is 1. The molecule has 0 spiro atoms. The van der Waals surface area contributed by atoms with Crippen LogP contribution in [0.5, 0.6) is 0 Å². The lowest BCUT2D eigenvalue weighted by Gasteiger charge is -2.31. The Morgan fingerprint density at radius 2 is 2.00 bits per heavy atom. The molecule has 1 aliphatic carbocycles. The van der Waals surface area contributed by atoms with Crippen LogP contribution in [0.3, 0.4) is 0 Å². The lowest BCUT2D eigenvalue weighted by Crippen LogP contribution is -2.40. The lowest BCUT2D eigenvalue weighted by molar-refractivity contribution is 0.0575. The minimum absolute atomic E-state index is 0.159. The molecule has 0 aliphatic heterocycles. The van der Waals surface area contributed by atoms with Crippen molar-refractivity contribution in [3.63, 3.8) is 0 Å². The van der Waals surface area contributed by atoms with Crippen molar-refractivity contribution in [2.45, 2.75) is 31.8 Å². The number of hydrogen-bond donors (Lipinski definition) is 2. The van der Waals surface area contributed by atoms with Crippen molar-refractivity contribution in [1.29, 1.82) is 0 Å². The van der Waals surface area contributed by atoms with Gasteiger partial charge in [-0.05, 0) is 25.0 Å². The first kappa shape index (κ1) is 17.9. The van der Waals surface area contributed by atoms with Gasteiger partial charge in [-0.1, -0.05) is 30.5 Å². The number of carbonyl (C=O) groups excluding carboxylic acids is 1. The summed E-state index contributed by atoms with van der Waals surface area (Å²) >= 11 is 6.22. The molecule has 1 aromatic carbocycles. The number of anilines is 2. The number of carbonyl (C=O) groups is 1. The Balaban J connectivity index is 2.02. The molecule has 2 N–H and O–H groups in total. The number of urea groups is 1. The van der Waals surface area contributed by atoms with E-state index in [1.807, 2.05) is 31.1 Å². The zero-order valence-electron chi connectivity index (χ0n) is 14.1. The Bertz CT molecular complexity index is 551. The van der Waals surface area contributed by atoms with E-state index in [1.54, 1.807) is 18.0 Å². The highest BCUT2D eigenvalue weighted by atomic mass is 35.5. The number of amides is 2. The van der Waals surface area contributed by atoms with Gasteiger partial charge in [-0.3, -0.25) is 0 Å². The Morgan fingerprint density at radius 1 is 1.30 bits per heavy atom. The van der Waals surface area contributed by atoms with Gasteiger partial charge in [0.1, 0.15) is 0 Å². The van der Waals surface area contributed by atoms with Gasteiger partial charge in [0.2, 0.25) is 0 Å². The normalized spacial score (nSPS) is 20.9. The van der Waals surface area contributed by atoms with Gasteiger partial charge in [0.25, 0.3) is 0 Å². The van der Waals surface area contributed by atoms with E-state index >= 15 is 0 Å². The Labute approximate surface area is 143 Å². The largest absolute Gasteiger partial charge is 0.393 e. The first-order valence-corrected chi connectivity index (χ1v) is 8.44. The predicted octanol–water partition coefficient (Wildman–Crippen LogP) is 3.42. The van der Waals surface area contributed by atoms with Gasteiger partial charge in [-0.15, -0.1) is 0 Å². The smallest absolute Gasteiger partial charge is 0.321 e. The lowest BCUT2D eigenvalue weighted by atomic mass is 9.86. The molecule has 2 atom stereocenters. The van der Waals surface area contributed by atoms with Gasteiger partial charge >= 0.3 is 6.03 Å². The summed E-state index contributed by atoms with van der Waals surface area (Å²) in [7, 11) is 5.54. The Hall–Kier alpha value is -1.46. The van der Waals surface area contributed by atoms with Crippen LogP contribution in [0.25, 0.3) is 0 Å². The average molecular weight is 340 g/mol. The third-order valence-electron chi connectivity index (χ3n) is 4.40. The van der Waals surface area contributed by atoms with Crippen molar-refractivity contribution in [2.24, 2.45) is 5.92 Å². The molecule has 128 valence electrons. The number of aliphatic hydroxyl groups excluding tert-OH is 1. The molecule has 0 heterocycles. The third-order valence-corrected chi connectivity index (χ3v) is 4.70. The molecule has 5 nitrogen and oxygen atoms in total. The van der Waals surface area contributed by atoms with E-state index in [0.29, 0.717) is 17.3 Å². The molecule has 1 saturated carbocycles. The summed E-state index contributed by atoms with van der Waals surface area (Å²) in [6.07, 6.45) is 3.69. The Morgan fingerprint density at radius 3 is 2.65 bits per heavy atom. The molecule has 2 rings (SSSR count). The zero-order chi connectivity index (χ0) is 17.0. The molecule has 1 aliphatic rings. The molecular formula is C17H26ClN3O2. The highest BCUT2D eigenvalue weighted by molar-refractivity contribution is 6.34. The zero-order valence-corrected chi connectivity index (χ0v) is 14.8. The van der Waals surface area contributed by atoms with Crippen LogP contribution in [0.4, 0.5) is 16.2 Å². The van der Waals surface area contributed by atoms with Crippen molar-refractivity contribution >= 4 is 29.0 Å². The minimum Gasteiger partial charge on any atom is -0.393 e. The minimum atomic E-state index is -0.303. The maximum atomic E-state index is 12.5. The fourth-order valence-corrected chi connectivity index (χ4v) is 3.46. The maximum absolute atomic E-state index is 12.5. The van der Waals surface area contributed by atoms with Crippen molar-refractivity contribution in [3.8, 4) is 0 Å². The van der Waals surface area contributed by atoms with Gasteiger partial charge in [-0.25, -0.2) is 4.79 Å². The molecule has 2 unspecified atom stereocenters. The van der Waals surface area contributed by atoms with E-state index in [0.717, 1.165) is 31.4 Å². The summed E-state index contributed by atoms with van der Waals surface area (Å²) in [5, 5.41) is 13.6. The highest BCUT2D eigenvalue weighted by Gasteiger charge is 2.26. The van der Waals surface area contributed by atoms with Crippen LogP contribution >= 0.6 is 11.6 Å². The van der Waals surface area contributed by atoms with Crippen LogP contribution in [0, 0.1) is 5.92 Å². The van der Waals surface area contributed by atoms with Crippen molar-refractivity contribution in [2.75, 3.05) is 37.9 Å². The van der Waals surface area contributed by atoms with E-state index in [4.69, 9.17) is 11.6 Å². The first-order valence-electron chi connectivity index (χ1n) is 8.06. The van der Waals surface area contributed by atoms with Gasteiger partial charge in [-0.2, -0.15) is 0 Å². The quantitative estimate of drug-likeness (QED) is 0.883. The summed E-state index contributed by atoms with van der Waals surface area (Å²) < 4.78 is 0. The fourth-order valence-electron chi connectivity index (χ4n) is 3.12. The molecule has 1 fully saturated rings. The number of benzene rings is 1. The van der Waals surface area contributed by atoms with Crippen molar-refractivity contribution < 1.29 is 9.90 Å². The first-order chi connectivity index (χ1) is 10.9. The molecule has 6 heteroatoms. The Kier molecular flexibility index (Phi) is 6.13. The van der Waals surface area contributed by atoms with Crippen LogP contribution in [0.15, 0.2) is 18.2 Å². The number of hydrogen-bond acceptors (Lipinski definition) is 3. The van der Waals surface area contributed by atoms with E-state index in [9.17, 15) is 9.90 Å². The number of nitrogens with one attached hydrogen (secondary N) is 1. The second kappa shape index (κ2) is 7.88. The van der Waals surface area contributed by atoms with Crippen LogP contribution in [-0.2, 0) is 0 Å². The highest BCUT2D eigenvalue weighted by Crippen LogP contribution is 2.32. The molecule has 2 amide bonds. The van der Waals surface area contributed by atoms with E-state index in [2.05, 4.69) is 5.32 Å². The number of nitrogens with zero attached hydrogens (tertiary/aromatic N) is 2. The van der Waals surface area contributed by atoms with Crippen LogP contribution in [-0.4, -0.2) is 49.8 Å². The van der Waals surface area contributed by atoms with E-state index in [-0.39, 0.29) is 18.1 Å². The maximum Gasteiger partial charge on any atom is 0.321 e. The van der Waals surface area contributed by atoms with Crippen molar-refractivity contribution in [3.05, 3.63) is 23.2 Å². The summed E-state index contributed by atoms with van der Waals surface area (Å²) in [6, 6.07) is 5.26. The third kappa shape index (κ3) is 4.52. The van der Waals surface area contributed by atoms with Gasteiger partial charge in [0.05, 0.1) is 22.5 Å². The molecule has 0 saturated heterocycles. The van der Waals surface area contributed by atoms with Crippen LogP contribution < -0.4 is 10.2 Å². The standard InChI is InChI=1S/C17H26ClN3O2/c1-20(2)16-13(18)8-6-9-14(16)19-17(23)21(3)11-12-7-4-5-10-15(12)22/h6,8-9,12,15,22H,4-5,7,10-11H2,1-3H3,(H,19,23). The number of halogens is 1. The molecule has 0 radical (unpaired) electrons. The van der Waals surface area contributed by atoms with Gasteiger partial charge in [0.15, 0.2) is 0 Å². The predicted molar refractivity (Wildman–Crippen MR) is 95.4 cm³/mol. The molecular weight excluding hydrogens is 314 g/mol. The topological polar surface area (TPSA) is 55.8 Å².